The number of hydrogen-bond acceptors (Lipinski definition) is 3. The molecule has 112 valence electrons. The van der Waals surface area contributed by atoms with Crippen LogP contribution in [0.3, 0.4) is 0 Å². The zero-order valence-electron chi connectivity index (χ0n) is 11.9. The minimum Gasteiger partial charge on any atom is -0.383 e. The van der Waals surface area contributed by atoms with Gasteiger partial charge >= 0.3 is 0 Å². The van der Waals surface area contributed by atoms with Crippen LogP contribution in [0.15, 0.2) is 36.5 Å². The van der Waals surface area contributed by atoms with Crippen molar-refractivity contribution >= 4 is 5.82 Å². The van der Waals surface area contributed by atoms with E-state index in [1.54, 1.807) is 12.3 Å². The first-order chi connectivity index (χ1) is 10.1. The maximum atomic E-state index is 13.3. The highest BCUT2D eigenvalue weighted by molar-refractivity contribution is 5.41. The van der Waals surface area contributed by atoms with Gasteiger partial charge < -0.3 is 11.1 Å². The number of halogens is 2. The van der Waals surface area contributed by atoms with Gasteiger partial charge in [0.05, 0.1) is 0 Å². The van der Waals surface area contributed by atoms with E-state index >= 15 is 0 Å². The summed E-state index contributed by atoms with van der Waals surface area (Å²) in [4.78, 5) is 4.07. The van der Waals surface area contributed by atoms with Gasteiger partial charge in [-0.1, -0.05) is 13.0 Å². The van der Waals surface area contributed by atoms with Crippen molar-refractivity contribution in [2.24, 2.45) is 0 Å². The number of hydrogen-bond donors (Lipinski definition) is 2. The molecule has 0 spiro atoms. The van der Waals surface area contributed by atoms with E-state index in [2.05, 4.69) is 17.2 Å². The minimum absolute atomic E-state index is 0.125. The zero-order valence-corrected chi connectivity index (χ0v) is 11.9. The molecule has 3 nitrogen and oxygen atoms in total. The van der Waals surface area contributed by atoms with Crippen LogP contribution < -0.4 is 11.1 Å². The van der Waals surface area contributed by atoms with Gasteiger partial charge in [-0.05, 0) is 43.1 Å². The van der Waals surface area contributed by atoms with Gasteiger partial charge in [0.2, 0.25) is 0 Å². The van der Waals surface area contributed by atoms with Crippen molar-refractivity contribution in [3.8, 4) is 0 Å². The van der Waals surface area contributed by atoms with Gasteiger partial charge in [0.15, 0.2) is 0 Å². The molecule has 21 heavy (non-hydrogen) atoms. The molecule has 0 aliphatic carbocycles. The molecule has 0 fully saturated rings. The first-order valence-corrected chi connectivity index (χ1v) is 6.99. The lowest BCUT2D eigenvalue weighted by Crippen LogP contribution is -2.25. The van der Waals surface area contributed by atoms with Crippen LogP contribution in [0.4, 0.5) is 14.6 Å². The van der Waals surface area contributed by atoms with Crippen LogP contribution in [0, 0.1) is 11.6 Å². The smallest absolute Gasteiger partial charge is 0.128 e. The van der Waals surface area contributed by atoms with E-state index in [1.165, 1.54) is 12.1 Å². The lowest BCUT2D eigenvalue weighted by molar-refractivity contribution is 0.523. The summed E-state index contributed by atoms with van der Waals surface area (Å²) in [7, 11) is 0. The molecule has 1 unspecified atom stereocenters. The van der Waals surface area contributed by atoms with Crippen molar-refractivity contribution in [3.63, 3.8) is 0 Å². The van der Waals surface area contributed by atoms with Crippen LogP contribution in [0.2, 0.25) is 0 Å². The fourth-order valence-corrected chi connectivity index (χ4v) is 2.30. The van der Waals surface area contributed by atoms with Crippen LogP contribution in [0.5, 0.6) is 0 Å². The number of nitrogens with one attached hydrogen (secondary N) is 1. The molecular formula is C16H19F2N3. The standard InChI is InChI=1S/C16H19F2N3/c1-2-5-20-15(14-4-3-6-21-16(14)19)9-11-7-12(17)10-13(18)8-11/h3-4,6-8,10,15,20H,2,5,9H2,1H3,(H2,19,21). The Kier molecular flexibility index (Phi) is 5.22. The van der Waals surface area contributed by atoms with Gasteiger partial charge in [0, 0.05) is 23.9 Å². The maximum absolute atomic E-state index is 13.3. The Morgan fingerprint density at radius 3 is 2.57 bits per heavy atom. The van der Waals surface area contributed by atoms with Crippen LogP contribution in [-0.2, 0) is 6.42 Å². The SMILES string of the molecule is CCCNC(Cc1cc(F)cc(F)c1)c1cccnc1N. The Morgan fingerprint density at radius 1 is 1.24 bits per heavy atom. The number of rotatable bonds is 6. The van der Waals surface area contributed by atoms with E-state index in [4.69, 9.17) is 5.73 Å². The number of anilines is 1. The number of pyridine rings is 1. The number of benzene rings is 1. The summed E-state index contributed by atoms with van der Waals surface area (Å²) in [6.07, 6.45) is 3.02. The van der Waals surface area contributed by atoms with E-state index in [9.17, 15) is 8.78 Å². The third-order valence-corrected chi connectivity index (χ3v) is 3.25. The first kappa shape index (κ1) is 15.4. The normalized spacial score (nSPS) is 12.3. The Balaban J connectivity index is 2.26. The summed E-state index contributed by atoms with van der Waals surface area (Å²) in [5.74, 6) is -0.709. The number of aromatic nitrogens is 1. The Bertz CT molecular complexity index is 582. The number of nitrogen functional groups attached to an aromatic ring is 1. The second-order valence-electron chi connectivity index (χ2n) is 4.97. The molecule has 0 aliphatic heterocycles. The fraction of sp³-hybridized carbons (Fsp3) is 0.312. The van der Waals surface area contributed by atoms with E-state index in [0.29, 0.717) is 17.8 Å². The van der Waals surface area contributed by atoms with Crippen molar-refractivity contribution in [2.45, 2.75) is 25.8 Å². The predicted octanol–water partition coefficient (Wildman–Crippen LogP) is 3.23. The van der Waals surface area contributed by atoms with Crippen LogP contribution in [0.25, 0.3) is 0 Å². The molecule has 2 aromatic rings. The lowest BCUT2D eigenvalue weighted by Gasteiger charge is -2.20. The molecule has 0 saturated carbocycles. The molecular weight excluding hydrogens is 272 g/mol. The third kappa shape index (κ3) is 4.23. The number of nitrogens with two attached hydrogens (primary N) is 1. The van der Waals surface area contributed by atoms with Crippen molar-refractivity contribution in [3.05, 3.63) is 59.3 Å². The second kappa shape index (κ2) is 7.13. The molecule has 1 aromatic heterocycles. The van der Waals surface area contributed by atoms with Gasteiger partial charge in [0.1, 0.15) is 17.5 Å². The zero-order chi connectivity index (χ0) is 15.2. The van der Waals surface area contributed by atoms with Gasteiger partial charge in [-0.2, -0.15) is 0 Å². The van der Waals surface area contributed by atoms with Crippen LogP contribution in [0.1, 0.15) is 30.5 Å². The average molecular weight is 291 g/mol. The quantitative estimate of drug-likeness (QED) is 0.859. The molecule has 0 bridgehead atoms. The molecule has 2 rings (SSSR count). The molecule has 0 saturated heterocycles. The second-order valence-corrected chi connectivity index (χ2v) is 4.97. The van der Waals surface area contributed by atoms with Crippen molar-refractivity contribution in [2.75, 3.05) is 12.3 Å². The van der Waals surface area contributed by atoms with Crippen molar-refractivity contribution in [1.29, 1.82) is 0 Å². The van der Waals surface area contributed by atoms with E-state index in [0.717, 1.165) is 24.6 Å². The summed E-state index contributed by atoms with van der Waals surface area (Å²) in [5.41, 5.74) is 7.34. The molecule has 0 amide bonds. The van der Waals surface area contributed by atoms with Crippen molar-refractivity contribution < 1.29 is 8.78 Å². The Labute approximate surface area is 123 Å². The molecule has 0 radical (unpaired) electrons. The third-order valence-electron chi connectivity index (χ3n) is 3.25. The number of nitrogens with zero attached hydrogens (tertiary/aromatic N) is 1. The highest BCUT2D eigenvalue weighted by Crippen LogP contribution is 2.23. The molecule has 1 heterocycles. The average Bonchev–Trinajstić information content (AvgIpc) is 2.43. The summed E-state index contributed by atoms with van der Waals surface area (Å²) in [5, 5.41) is 3.35. The predicted molar refractivity (Wildman–Crippen MR) is 79.7 cm³/mol. The molecule has 3 N–H and O–H groups in total. The van der Waals surface area contributed by atoms with E-state index in [-0.39, 0.29) is 6.04 Å². The molecule has 1 aromatic carbocycles. The summed E-state index contributed by atoms with van der Waals surface area (Å²) >= 11 is 0. The first-order valence-electron chi connectivity index (χ1n) is 6.99. The van der Waals surface area contributed by atoms with Gasteiger partial charge in [-0.3, -0.25) is 0 Å². The molecule has 5 heteroatoms. The summed E-state index contributed by atoms with van der Waals surface area (Å²) in [6.45, 7) is 2.84. The van der Waals surface area contributed by atoms with Gasteiger partial charge in [-0.25, -0.2) is 13.8 Å². The molecule has 0 aliphatic rings. The monoisotopic (exact) mass is 291 g/mol. The Morgan fingerprint density at radius 2 is 1.95 bits per heavy atom. The minimum atomic E-state index is -0.571. The Hall–Kier alpha value is -2.01. The fourth-order valence-electron chi connectivity index (χ4n) is 2.30. The van der Waals surface area contributed by atoms with Crippen LogP contribution in [-0.4, -0.2) is 11.5 Å². The molecule has 1 atom stereocenters. The maximum Gasteiger partial charge on any atom is 0.128 e. The van der Waals surface area contributed by atoms with Crippen LogP contribution >= 0.6 is 0 Å². The van der Waals surface area contributed by atoms with Gasteiger partial charge in [-0.15, -0.1) is 0 Å². The lowest BCUT2D eigenvalue weighted by atomic mass is 9.99. The van der Waals surface area contributed by atoms with E-state index < -0.39 is 11.6 Å². The highest BCUT2D eigenvalue weighted by atomic mass is 19.1. The van der Waals surface area contributed by atoms with E-state index in [1.807, 2.05) is 6.07 Å². The summed E-state index contributed by atoms with van der Waals surface area (Å²) < 4.78 is 26.6. The van der Waals surface area contributed by atoms with Gasteiger partial charge in [0.25, 0.3) is 0 Å². The van der Waals surface area contributed by atoms with Crippen molar-refractivity contribution in [1.82, 2.24) is 10.3 Å². The topological polar surface area (TPSA) is 50.9 Å². The summed E-state index contributed by atoms with van der Waals surface area (Å²) in [6, 6.07) is 7.12. The largest absolute Gasteiger partial charge is 0.383 e. The highest BCUT2D eigenvalue weighted by Gasteiger charge is 2.15.